The zero-order valence-corrected chi connectivity index (χ0v) is 18.8. The molecule has 0 aromatic carbocycles. The molecule has 2 aromatic rings. The maximum Gasteiger partial charge on any atom is 0.229 e. The minimum atomic E-state index is -1.11. The first-order chi connectivity index (χ1) is 14.0. The highest BCUT2D eigenvalue weighted by Gasteiger charge is 2.24. The molecule has 2 aliphatic rings. The van der Waals surface area contributed by atoms with Crippen molar-refractivity contribution >= 4 is 31.0 Å². The molecule has 10 heteroatoms. The van der Waals surface area contributed by atoms with Crippen molar-refractivity contribution in [3.05, 3.63) is 6.33 Å². The highest BCUT2D eigenvalue weighted by Crippen LogP contribution is 2.27. The number of hydrogen-bond acceptors (Lipinski definition) is 8. The minimum Gasteiger partial charge on any atom is -0.378 e. The number of aromatic nitrogens is 4. The zero-order chi connectivity index (χ0) is 20.3. The monoisotopic (exact) mass is 420 g/mol. The standard InChI is InChI=1S/C19H32N6O3Si/c1-29(2,3)13-12-28-15-25-14-20-17-16(25)18(23-4-8-26-9-5-23)22-19(21-17)24-6-10-27-11-7-24/h14H,4-13,15H2,1-3H3. The Morgan fingerprint density at radius 3 is 2.28 bits per heavy atom. The first-order valence-corrected chi connectivity index (χ1v) is 14.2. The van der Waals surface area contributed by atoms with Crippen molar-refractivity contribution in [2.45, 2.75) is 32.4 Å². The van der Waals surface area contributed by atoms with Gasteiger partial charge in [0.25, 0.3) is 0 Å². The fourth-order valence-corrected chi connectivity index (χ4v) is 4.25. The first-order valence-electron chi connectivity index (χ1n) is 10.5. The van der Waals surface area contributed by atoms with Gasteiger partial charge < -0.3 is 28.6 Å². The SMILES string of the molecule is C[Si](C)(C)CCOCn1cnc2nc(N3CCOCC3)nc(N3CCOCC3)c21. The van der Waals surface area contributed by atoms with E-state index in [1.807, 2.05) is 10.9 Å². The van der Waals surface area contributed by atoms with Crippen LogP contribution in [-0.4, -0.2) is 86.8 Å². The summed E-state index contributed by atoms with van der Waals surface area (Å²) in [5, 5.41) is 0. The molecule has 0 amide bonds. The van der Waals surface area contributed by atoms with Crippen LogP contribution < -0.4 is 9.80 Å². The number of rotatable bonds is 7. The second-order valence-corrected chi connectivity index (χ2v) is 14.4. The predicted octanol–water partition coefficient (Wildman–Crippen LogP) is 1.81. The van der Waals surface area contributed by atoms with Gasteiger partial charge in [-0.25, -0.2) is 4.98 Å². The molecule has 0 N–H and O–H groups in total. The maximum absolute atomic E-state index is 5.98. The zero-order valence-electron chi connectivity index (χ0n) is 17.8. The van der Waals surface area contributed by atoms with Crippen molar-refractivity contribution in [2.75, 3.05) is 69.0 Å². The van der Waals surface area contributed by atoms with Crippen LogP contribution in [-0.2, 0) is 20.9 Å². The summed E-state index contributed by atoms with van der Waals surface area (Å²) in [5.41, 5.74) is 1.66. The van der Waals surface area contributed by atoms with E-state index < -0.39 is 8.07 Å². The summed E-state index contributed by atoms with van der Waals surface area (Å²) < 4.78 is 19.0. The van der Waals surface area contributed by atoms with Crippen LogP contribution in [0, 0.1) is 0 Å². The first kappa shape index (κ1) is 20.5. The normalized spacial score (nSPS) is 18.6. The van der Waals surface area contributed by atoms with Crippen LogP contribution in [0.15, 0.2) is 6.33 Å². The Labute approximate surface area is 173 Å². The Bertz CT molecular complexity index is 812. The Morgan fingerprint density at radius 2 is 1.62 bits per heavy atom. The molecule has 2 aliphatic heterocycles. The number of anilines is 2. The van der Waals surface area contributed by atoms with Gasteiger partial charge in [-0.15, -0.1) is 0 Å². The third kappa shape index (κ3) is 5.06. The van der Waals surface area contributed by atoms with E-state index in [9.17, 15) is 0 Å². The quantitative estimate of drug-likeness (QED) is 0.496. The molecule has 0 spiro atoms. The lowest BCUT2D eigenvalue weighted by atomic mass is 10.3. The van der Waals surface area contributed by atoms with Crippen LogP contribution >= 0.6 is 0 Å². The van der Waals surface area contributed by atoms with Crippen LogP contribution in [0.4, 0.5) is 11.8 Å². The van der Waals surface area contributed by atoms with Crippen LogP contribution in [0.3, 0.4) is 0 Å². The highest BCUT2D eigenvalue weighted by molar-refractivity contribution is 6.76. The molecule has 0 radical (unpaired) electrons. The van der Waals surface area contributed by atoms with Gasteiger partial charge in [0, 0.05) is 40.9 Å². The lowest BCUT2D eigenvalue weighted by Crippen LogP contribution is -2.39. The van der Waals surface area contributed by atoms with E-state index in [4.69, 9.17) is 24.2 Å². The Hall–Kier alpha value is -1.75. The highest BCUT2D eigenvalue weighted by atomic mass is 28.3. The van der Waals surface area contributed by atoms with Crippen LogP contribution in [0.1, 0.15) is 0 Å². The molecule has 0 saturated carbocycles. The summed E-state index contributed by atoms with van der Waals surface area (Å²) in [6.07, 6.45) is 1.82. The number of fused-ring (bicyclic) bond motifs is 1. The fourth-order valence-electron chi connectivity index (χ4n) is 3.49. The van der Waals surface area contributed by atoms with Gasteiger partial charge in [0.1, 0.15) is 12.2 Å². The molecular weight excluding hydrogens is 388 g/mol. The predicted molar refractivity (Wildman–Crippen MR) is 115 cm³/mol. The molecule has 29 heavy (non-hydrogen) atoms. The minimum absolute atomic E-state index is 0.471. The summed E-state index contributed by atoms with van der Waals surface area (Å²) in [4.78, 5) is 18.8. The van der Waals surface area contributed by atoms with E-state index in [0.29, 0.717) is 33.2 Å². The van der Waals surface area contributed by atoms with E-state index in [2.05, 4.69) is 34.4 Å². The lowest BCUT2D eigenvalue weighted by molar-refractivity contribution is 0.0897. The molecule has 4 rings (SSSR count). The average Bonchev–Trinajstić information content (AvgIpc) is 3.14. The van der Waals surface area contributed by atoms with Gasteiger partial charge in [0.2, 0.25) is 5.95 Å². The Balaban J connectivity index is 1.61. The Kier molecular flexibility index (Phi) is 6.33. The molecule has 9 nitrogen and oxygen atoms in total. The largest absolute Gasteiger partial charge is 0.378 e. The molecule has 2 fully saturated rings. The fraction of sp³-hybridized carbons (Fsp3) is 0.737. The van der Waals surface area contributed by atoms with Gasteiger partial charge in [-0.2, -0.15) is 9.97 Å². The maximum atomic E-state index is 5.98. The third-order valence-electron chi connectivity index (χ3n) is 5.27. The van der Waals surface area contributed by atoms with E-state index >= 15 is 0 Å². The molecular formula is C19H32N6O3Si. The number of hydrogen-bond donors (Lipinski definition) is 0. The van der Waals surface area contributed by atoms with Gasteiger partial charge in [0.05, 0.1) is 32.8 Å². The topological polar surface area (TPSA) is 77.8 Å². The second-order valence-electron chi connectivity index (χ2n) is 8.78. The summed E-state index contributed by atoms with van der Waals surface area (Å²) >= 11 is 0. The number of morpholine rings is 2. The summed E-state index contributed by atoms with van der Waals surface area (Å²) in [6, 6.07) is 1.15. The van der Waals surface area contributed by atoms with E-state index in [1.54, 1.807) is 0 Å². The van der Waals surface area contributed by atoms with Gasteiger partial charge in [-0.05, 0) is 6.04 Å². The summed E-state index contributed by atoms with van der Waals surface area (Å²) in [7, 11) is -1.11. The van der Waals surface area contributed by atoms with Crippen molar-refractivity contribution in [1.82, 2.24) is 19.5 Å². The van der Waals surface area contributed by atoms with E-state index in [0.717, 1.165) is 61.8 Å². The Morgan fingerprint density at radius 1 is 0.966 bits per heavy atom. The van der Waals surface area contributed by atoms with Crippen LogP contribution in [0.25, 0.3) is 11.2 Å². The smallest absolute Gasteiger partial charge is 0.229 e. The molecule has 2 saturated heterocycles. The van der Waals surface area contributed by atoms with E-state index in [-0.39, 0.29) is 0 Å². The van der Waals surface area contributed by atoms with Gasteiger partial charge in [-0.3, -0.25) is 0 Å². The second kappa shape index (κ2) is 8.95. The van der Waals surface area contributed by atoms with Crippen molar-refractivity contribution in [3.8, 4) is 0 Å². The van der Waals surface area contributed by atoms with Crippen LogP contribution in [0.5, 0.6) is 0 Å². The third-order valence-corrected chi connectivity index (χ3v) is 6.98. The number of nitrogens with zero attached hydrogens (tertiary/aromatic N) is 6. The summed E-state index contributed by atoms with van der Waals surface area (Å²) in [5.74, 6) is 1.65. The molecule has 0 bridgehead atoms. The molecule has 4 heterocycles. The van der Waals surface area contributed by atoms with Crippen molar-refractivity contribution < 1.29 is 14.2 Å². The molecule has 160 valence electrons. The number of ether oxygens (including phenoxy) is 3. The molecule has 2 aromatic heterocycles. The van der Waals surface area contributed by atoms with Gasteiger partial charge in [0.15, 0.2) is 11.5 Å². The molecule has 0 aliphatic carbocycles. The molecule has 0 unspecified atom stereocenters. The lowest BCUT2D eigenvalue weighted by Gasteiger charge is -2.31. The molecule has 0 atom stereocenters. The van der Waals surface area contributed by atoms with Gasteiger partial charge >= 0.3 is 0 Å². The average molecular weight is 421 g/mol. The van der Waals surface area contributed by atoms with E-state index in [1.165, 1.54) is 0 Å². The van der Waals surface area contributed by atoms with Crippen LogP contribution in [0.2, 0.25) is 25.7 Å². The van der Waals surface area contributed by atoms with Crippen molar-refractivity contribution in [1.29, 1.82) is 0 Å². The van der Waals surface area contributed by atoms with Crippen molar-refractivity contribution in [3.63, 3.8) is 0 Å². The van der Waals surface area contributed by atoms with Gasteiger partial charge in [-0.1, -0.05) is 19.6 Å². The van der Waals surface area contributed by atoms with Crippen molar-refractivity contribution in [2.24, 2.45) is 0 Å². The summed E-state index contributed by atoms with van der Waals surface area (Å²) in [6.45, 7) is 14.4. The number of imidazole rings is 1.